The van der Waals surface area contributed by atoms with E-state index in [4.69, 9.17) is 4.98 Å². The molecule has 0 saturated heterocycles. The van der Waals surface area contributed by atoms with Crippen LogP contribution in [0.2, 0.25) is 0 Å². The highest BCUT2D eigenvalue weighted by atomic mass is 15.0. The molecule has 9 heterocycles. The van der Waals surface area contributed by atoms with E-state index in [0.29, 0.717) is 0 Å². The second-order valence-electron chi connectivity index (χ2n) is 38.5. The molecule has 24 aromatic carbocycles. The Morgan fingerprint density at radius 1 is 0.159 bits per heavy atom. The van der Waals surface area contributed by atoms with Crippen molar-refractivity contribution in [3.8, 4) is 56.4 Å². The zero-order valence-electron chi connectivity index (χ0n) is 78.4. The molecule has 9 aromatic heterocycles. The van der Waals surface area contributed by atoms with Crippen LogP contribution in [0.4, 0.5) is 0 Å². The summed E-state index contributed by atoms with van der Waals surface area (Å²) in [4.78, 5) is 21.2. The molecule has 0 aliphatic rings. The van der Waals surface area contributed by atoms with Gasteiger partial charge in [0.1, 0.15) is 0 Å². The number of pyridine rings is 2. The second-order valence-corrected chi connectivity index (χ2v) is 38.5. The van der Waals surface area contributed by atoms with Gasteiger partial charge in [0.15, 0.2) is 0 Å². The van der Waals surface area contributed by atoms with Crippen LogP contribution < -0.4 is 0 Å². The molecular formula is C136H83N9. The molecule has 0 saturated carbocycles. The Kier molecular flexibility index (Phi) is 17.5. The lowest BCUT2D eigenvalue weighted by atomic mass is 9.89. The molecule has 0 radical (unpaired) electrons. The van der Waals surface area contributed by atoms with Crippen LogP contribution >= 0.6 is 0 Å². The maximum absolute atomic E-state index is 5.24. The lowest BCUT2D eigenvalue weighted by Gasteiger charge is -2.16. The summed E-state index contributed by atoms with van der Waals surface area (Å²) in [6, 6.07) is 172. The molecule has 33 aromatic rings. The molecular weight excluding hydrogens is 1760 g/mol. The molecule has 145 heavy (non-hydrogen) atoms. The van der Waals surface area contributed by atoms with Gasteiger partial charge in [0.2, 0.25) is 0 Å². The summed E-state index contributed by atoms with van der Waals surface area (Å²) in [5, 5.41) is 40.7. The number of benzene rings is 24. The first-order valence-electron chi connectivity index (χ1n) is 49.8. The minimum atomic E-state index is 0.947. The van der Waals surface area contributed by atoms with E-state index in [-0.39, 0.29) is 0 Å². The van der Waals surface area contributed by atoms with Crippen molar-refractivity contribution in [2.75, 3.05) is 0 Å². The minimum Gasteiger partial charge on any atom is -0.354 e. The Hall–Kier alpha value is -19.5. The highest BCUT2D eigenvalue weighted by molar-refractivity contribution is 6.49. The Bertz CT molecular complexity index is 11300. The van der Waals surface area contributed by atoms with Crippen molar-refractivity contribution in [3.05, 3.63) is 486 Å². The lowest BCUT2D eigenvalue weighted by Crippen LogP contribution is -1.99. The van der Waals surface area contributed by atoms with Crippen LogP contribution in [0.1, 0.15) is 0 Å². The van der Waals surface area contributed by atoms with Crippen molar-refractivity contribution in [2.45, 2.75) is 0 Å². The van der Waals surface area contributed by atoms with Gasteiger partial charge in [-0.2, -0.15) is 0 Å². The molecule has 0 spiro atoms. The number of fused-ring (bicyclic) bond motifs is 48. The van der Waals surface area contributed by atoms with Gasteiger partial charge in [-0.05, 0) is 163 Å². The number of rotatable bonds is 7. The maximum atomic E-state index is 5.24. The van der Waals surface area contributed by atoms with Crippen LogP contribution in [-0.4, -0.2) is 43.2 Å². The molecule has 3 N–H and O–H groups in total. The van der Waals surface area contributed by atoms with Crippen molar-refractivity contribution in [3.63, 3.8) is 0 Å². The zero-order valence-corrected chi connectivity index (χ0v) is 78.4. The van der Waals surface area contributed by atoms with Crippen LogP contribution in [0.5, 0.6) is 0 Å². The second kappa shape index (κ2) is 31.5. The molecule has 0 aliphatic heterocycles. The monoisotopic (exact) mass is 1840 g/mol. The van der Waals surface area contributed by atoms with Gasteiger partial charge < -0.3 is 33.2 Å². The third-order valence-corrected chi connectivity index (χ3v) is 31.0. The summed E-state index contributed by atoms with van der Waals surface area (Å²) in [6.45, 7) is 0. The molecule has 0 atom stereocenters. The van der Waals surface area contributed by atoms with Gasteiger partial charge in [-0.3, -0.25) is 4.98 Å². The number of H-pyrrole nitrogens is 3. The van der Waals surface area contributed by atoms with Crippen LogP contribution in [0, 0.1) is 0 Å². The van der Waals surface area contributed by atoms with Crippen molar-refractivity contribution >= 4 is 250 Å². The smallest absolute Gasteiger partial charge is 0.0730 e. The van der Waals surface area contributed by atoms with Crippen LogP contribution in [-0.2, 0) is 0 Å². The first-order valence-corrected chi connectivity index (χ1v) is 49.8. The van der Waals surface area contributed by atoms with Crippen LogP contribution in [0.15, 0.2) is 486 Å². The Balaban J connectivity index is 0.000000101. The van der Waals surface area contributed by atoms with E-state index in [0.717, 1.165) is 56.1 Å². The third-order valence-electron chi connectivity index (χ3n) is 31.0. The summed E-state index contributed by atoms with van der Waals surface area (Å²) in [6.07, 6.45) is 3.80. The SMILES string of the molecule is c1ccc(-c2cc(-n3c4ccccc4c4c5c(c6ccccc6c6[nH]c7ccccc7c65)c5ccccc5c43)cc(-c3ccccc3)n2)cc1.c1ccc(-n2c3ccccc3c3cc(-c4ccc(-n5c6ccccc6c6c7c(c8ccccc8c8[nH]c9ccccc9c87)c7ccccc7c65)cc4)ccc32)cc1.c1cncc(-n2c3ccccc3c3c4c(c5ccccc5c5[nH]c6ccccc6c54)c4ccccc4c32)c1. The van der Waals surface area contributed by atoms with Crippen molar-refractivity contribution in [1.29, 1.82) is 0 Å². The van der Waals surface area contributed by atoms with E-state index >= 15 is 0 Å². The molecule has 0 bridgehead atoms. The molecule has 672 valence electrons. The number of para-hydroxylation sites is 8. The highest BCUT2D eigenvalue weighted by Gasteiger charge is 2.31. The first-order chi connectivity index (χ1) is 72.0. The fourth-order valence-electron chi connectivity index (χ4n) is 25.2. The zero-order chi connectivity index (χ0) is 94.7. The number of aromatic amines is 3. The topological polar surface area (TPSA) is 92.9 Å². The van der Waals surface area contributed by atoms with Gasteiger partial charge >= 0.3 is 0 Å². The Labute approximate surface area is 828 Å². The van der Waals surface area contributed by atoms with Gasteiger partial charge in [0.25, 0.3) is 0 Å². The molecule has 0 aliphatic carbocycles. The predicted molar refractivity (Wildman–Crippen MR) is 614 cm³/mol. The van der Waals surface area contributed by atoms with Gasteiger partial charge in [-0.1, -0.05) is 370 Å². The number of hydrogen-bond acceptors (Lipinski definition) is 2. The van der Waals surface area contributed by atoms with Gasteiger partial charge in [-0.15, -0.1) is 0 Å². The van der Waals surface area contributed by atoms with Gasteiger partial charge in [-0.25, -0.2) is 4.98 Å². The van der Waals surface area contributed by atoms with Crippen molar-refractivity contribution in [1.82, 2.24) is 43.2 Å². The standard InChI is InChI=1S/C54H33N3.C47H29N3.C35H21N3/c1-2-14-35(15-3-1)56-46-24-12-9-16-37(46)44-32-34(28-31-48(44)56)33-26-29-36(30-27-33)57-47-25-13-10-22-43(47)51-52-49(39-18-5-7-20-41(39)54(51)57)38-17-4-6-19-40(38)53-50(52)42-21-8-11-23-45(42)55-53;1-3-15-29(16-4-1)39-27-31(28-40(48-39)30-17-5-2-6-18-30)50-41-26-14-12-24-37(41)44-45-42(33-20-8-10-22-35(33)47(44)50)32-19-7-9-21-34(32)46-43(45)36-23-11-13-25-38(36)49-46;1-3-13-24-22(11-1)30-23-12-2-4-14-25(23)35-32(33(30)31-26-15-5-7-17-28(26)37-34(24)31)27-16-6-8-18-29(27)38(35)21-10-9-19-36-20-21/h1-32,55H;1-28,49H;1-20,37H. The van der Waals surface area contributed by atoms with E-state index in [2.05, 4.69) is 505 Å². The predicted octanol–water partition coefficient (Wildman–Crippen LogP) is 36.5. The average molecular weight is 1840 g/mol. The molecule has 33 rings (SSSR count). The number of nitrogens with one attached hydrogen (secondary N) is 3. The minimum absolute atomic E-state index is 0.947. The Morgan fingerprint density at radius 2 is 0.448 bits per heavy atom. The van der Waals surface area contributed by atoms with Gasteiger partial charge in [0.05, 0.1) is 89.6 Å². The molecule has 0 amide bonds. The summed E-state index contributed by atoms with van der Waals surface area (Å²) in [7, 11) is 0. The van der Waals surface area contributed by atoms with Crippen LogP contribution in [0.3, 0.4) is 0 Å². The largest absolute Gasteiger partial charge is 0.354 e. The fourth-order valence-corrected chi connectivity index (χ4v) is 25.2. The first kappa shape index (κ1) is 80.5. The van der Waals surface area contributed by atoms with Gasteiger partial charge in [0, 0.05) is 169 Å². The van der Waals surface area contributed by atoms with E-state index in [1.165, 1.54) is 250 Å². The third kappa shape index (κ3) is 11.8. The summed E-state index contributed by atoms with van der Waals surface area (Å²) in [5.74, 6) is 0. The number of aromatic nitrogens is 9. The summed E-state index contributed by atoms with van der Waals surface area (Å²) < 4.78 is 9.77. The van der Waals surface area contributed by atoms with Crippen molar-refractivity contribution < 1.29 is 0 Å². The molecule has 0 unspecified atom stereocenters. The van der Waals surface area contributed by atoms with E-state index in [9.17, 15) is 0 Å². The normalized spacial score (nSPS) is 12.1. The lowest BCUT2D eigenvalue weighted by molar-refractivity contribution is 1.15. The quantitative estimate of drug-likeness (QED) is 0.139. The van der Waals surface area contributed by atoms with Crippen molar-refractivity contribution in [2.24, 2.45) is 0 Å². The Morgan fingerprint density at radius 3 is 0.841 bits per heavy atom. The molecule has 9 heteroatoms. The fraction of sp³-hybridized carbons (Fsp3) is 0. The maximum Gasteiger partial charge on any atom is 0.0730 e. The summed E-state index contributed by atoms with van der Waals surface area (Å²) in [5.41, 5.74) is 27.7. The average Bonchev–Trinajstić information content (AvgIpc) is 1.52. The molecule has 9 nitrogen and oxygen atoms in total. The number of hydrogen-bond donors (Lipinski definition) is 3. The molecule has 0 fully saturated rings. The summed E-state index contributed by atoms with van der Waals surface area (Å²) >= 11 is 0. The van der Waals surface area contributed by atoms with E-state index in [1.54, 1.807) is 0 Å². The van der Waals surface area contributed by atoms with E-state index in [1.807, 2.05) is 18.5 Å². The number of nitrogens with zero attached hydrogens (tertiary/aromatic N) is 6. The van der Waals surface area contributed by atoms with Crippen LogP contribution in [0.25, 0.3) is 306 Å². The van der Waals surface area contributed by atoms with E-state index < -0.39 is 0 Å². The highest BCUT2D eigenvalue weighted by Crippen LogP contribution is 2.55.